The molecule has 0 fully saturated rings. The largest absolute Gasteiger partial charge is 0.309 e. The van der Waals surface area contributed by atoms with Gasteiger partial charge in [-0.3, -0.25) is 0 Å². The van der Waals surface area contributed by atoms with Gasteiger partial charge < -0.3 is 5.32 Å². The molecule has 0 amide bonds. The third-order valence-electron chi connectivity index (χ3n) is 3.41. The minimum Gasteiger partial charge on any atom is -0.309 e. The first-order valence-electron chi connectivity index (χ1n) is 6.33. The Balaban J connectivity index is 2.55. The molecule has 0 aliphatic heterocycles. The van der Waals surface area contributed by atoms with Crippen molar-refractivity contribution in [2.75, 3.05) is 7.05 Å². The lowest BCUT2D eigenvalue weighted by atomic mass is 9.91. The number of hydrogen-bond donors (Lipinski definition) is 1. The van der Waals surface area contributed by atoms with E-state index in [1.165, 1.54) is 0 Å². The van der Waals surface area contributed by atoms with Crippen LogP contribution in [0.1, 0.15) is 28.3 Å². The average molecular weight is 404 g/mol. The molecule has 0 saturated carbocycles. The van der Waals surface area contributed by atoms with E-state index in [0.717, 1.165) is 30.8 Å². The van der Waals surface area contributed by atoms with E-state index in [-0.39, 0.29) is 11.9 Å². The Morgan fingerprint density at radius 3 is 2.25 bits per heavy atom. The predicted octanol–water partition coefficient (Wildman–Crippen LogP) is 5.01. The summed E-state index contributed by atoms with van der Waals surface area (Å²) in [7, 11) is 1.90. The van der Waals surface area contributed by atoms with Crippen molar-refractivity contribution in [3.8, 4) is 0 Å². The van der Waals surface area contributed by atoms with Crippen LogP contribution >= 0.6 is 34.2 Å². The maximum atomic E-state index is 13.5. The summed E-state index contributed by atoms with van der Waals surface area (Å²) in [6.45, 7) is 3.87. The molecule has 0 radical (unpaired) electrons. The maximum Gasteiger partial charge on any atom is 0.123 e. The van der Waals surface area contributed by atoms with E-state index in [1.807, 2.05) is 33.0 Å². The Labute approximate surface area is 137 Å². The number of nitrogens with one attached hydrogen (secondary N) is 1. The number of rotatable bonds is 3. The minimum absolute atomic E-state index is 0.00472. The van der Waals surface area contributed by atoms with Crippen LogP contribution in [0.15, 0.2) is 30.3 Å². The van der Waals surface area contributed by atoms with Gasteiger partial charge in [0.2, 0.25) is 0 Å². The second-order valence-electron chi connectivity index (χ2n) is 4.85. The van der Waals surface area contributed by atoms with Crippen LogP contribution in [-0.4, -0.2) is 7.05 Å². The fraction of sp³-hybridized carbons (Fsp3) is 0.250. The molecule has 106 valence electrons. The molecular formula is C16H16ClFIN. The molecule has 0 aliphatic carbocycles. The van der Waals surface area contributed by atoms with Gasteiger partial charge in [0.1, 0.15) is 5.82 Å². The van der Waals surface area contributed by atoms with Gasteiger partial charge in [-0.25, -0.2) is 4.39 Å². The van der Waals surface area contributed by atoms with Crippen LogP contribution in [0.4, 0.5) is 4.39 Å². The highest BCUT2D eigenvalue weighted by atomic mass is 127. The number of halogens is 3. The number of hydrogen-bond acceptors (Lipinski definition) is 1. The van der Waals surface area contributed by atoms with Gasteiger partial charge in [-0.1, -0.05) is 17.7 Å². The zero-order valence-electron chi connectivity index (χ0n) is 11.6. The van der Waals surface area contributed by atoms with Crippen LogP contribution < -0.4 is 5.32 Å². The van der Waals surface area contributed by atoms with E-state index >= 15 is 0 Å². The van der Waals surface area contributed by atoms with E-state index in [2.05, 4.69) is 34.0 Å². The zero-order valence-corrected chi connectivity index (χ0v) is 14.5. The van der Waals surface area contributed by atoms with E-state index in [1.54, 1.807) is 12.1 Å². The Kier molecular flexibility index (Phi) is 5.04. The Morgan fingerprint density at radius 2 is 1.75 bits per heavy atom. The molecular weight excluding hydrogens is 388 g/mol. The van der Waals surface area contributed by atoms with Crippen molar-refractivity contribution in [3.63, 3.8) is 0 Å². The third-order valence-corrected chi connectivity index (χ3v) is 4.99. The van der Waals surface area contributed by atoms with Gasteiger partial charge in [0, 0.05) is 3.57 Å². The molecule has 1 N–H and O–H groups in total. The fourth-order valence-electron chi connectivity index (χ4n) is 2.55. The van der Waals surface area contributed by atoms with Gasteiger partial charge in [0.15, 0.2) is 0 Å². The standard InChI is InChI=1S/C16H16ClFIN/c1-9-6-12(18)7-10(2)15(9)16(20-3)11-4-5-14(19)13(17)8-11/h4-8,16,20H,1-3H3. The van der Waals surface area contributed by atoms with Gasteiger partial charge in [0.05, 0.1) is 11.1 Å². The summed E-state index contributed by atoms with van der Waals surface area (Å²) in [4.78, 5) is 0. The average Bonchev–Trinajstić information content (AvgIpc) is 2.37. The Hall–Kier alpha value is -0.650. The van der Waals surface area contributed by atoms with Gasteiger partial charge in [0.25, 0.3) is 0 Å². The lowest BCUT2D eigenvalue weighted by Gasteiger charge is -2.22. The molecule has 1 unspecified atom stereocenters. The predicted molar refractivity (Wildman–Crippen MR) is 90.9 cm³/mol. The molecule has 0 heterocycles. The zero-order chi connectivity index (χ0) is 14.9. The maximum absolute atomic E-state index is 13.5. The smallest absolute Gasteiger partial charge is 0.123 e. The van der Waals surface area contributed by atoms with Crippen molar-refractivity contribution >= 4 is 34.2 Å². The molecule has 1 atom stereocenters. The SMILES string of the molecule is CNC(c1ccc(I)c(Cl)c1)c1c(C)cc(F)cc1C. The van der Waals surface area contributed by atoms with E-state index in [0.29, 0.717) is 0 Å². The van der Waals surface area contributed by atoms with Gasteiger partial charge in [-0.05, 0) is 90.0 Å². The number of benzene rings is 2. The van der Waals surface area contributed by atoms with Crippen molar-refractivity contribution in [3.05, 3.63) is 67.0 Å². The van der Waals surface area contributed by atoms with Crippen molar-refractivity contribution < 1.29 is 4.39 Å². The summed E-state index contributed by atoms with van der Waals surface area (Å²) < 4.78 is 14.5. The van der Waals surface area contributed by atoms with E-state index in [4.69, 9.17) is 11.6 Å². The van der Waals surface area contributed by atoms with Crippen LogP contribution in [-0.2, 0) is 0 Å². The quantitative estimate of drug-likeness (QED) is 0.711. The van der Waals surface area contributed by atoms with Crippen molar-refractivity contribution in [2.45, 2.75) is 19.9 Å². The number of aryl methyl sites for hydroxylation is 2. The van der Waals surface area contributed by atoms with Gasteiger partial charge in [-0.2, -0.15) is 0 Å². The Morgan fingerprint density at radius 1 is 1.15 bits per heavy atom. The second kappa shape index (κ2) is 6.41. The van der Waals surface area contributed by atoms with Crippen molar-refractivity contribution in [1.29, 1.82) is 0 Å². The minimum atomic E-state index is -0.195. The summed E-state index contributed by atoms with van der Waals surface area (Å²) in [6.07, 6.45) is 0. The molecule has 4 heteroatoms. The van der Waals surface area contributed by atoms with Gasteiger partial charge in [-0.15, -0.1) is 0 Å². The Bertz CT molecular complexity index is 619. The molecule has 2 aromatic carbocycles. The van der Waals surface area contributed by atoms with Gasteiger partial charge >= 0.3 is 0 Å². The van der Waals surface area contributed by atoms with Crippen LogP contribution in [0.5, 0.6) is 0 Å². The summed E-state index contributed by atoms with van der Waals surface area (Å²) in [5, 5.41) is 4.04. The normalized spacial score (nSPS) is 12.5. The first-order valence-corrected chi connectivity index (χ1v) is 7.78. The molecule has 2 aromatic rings. The summed E-state index contributed by atoms with van der Waals surface area (Å²) in [5.74, 6) is -0.195. The highest BCUT2D eigenvalue weighted by Crippen LogP contribution is 2.31. The molecule has 2 rings (SSSR count). The summed E-state index contributed by atoms with van der Waals surface area (Å²) >= 11 is 8.42. The lowest BCUT2D eigenvalue weighted by molar-refractivity contribution is 0.618. The molecule has 0 aliphatic rings. The van der Waals surface area contributed by atoms with E-state index < -0.39 is 0 Å². The van der Waals surface area contributed by atoms with Crippen LogP contribution in [0.2, 0.25) is 5.02 Å². The molecule has 20 heavy (non-hydrogen) atoms. The van der Waals surface area contributed by atoms with Crippen molar-refractivity contribution in [1.82, 2.24) is 5.32 Å². The first kappa shape index (κ1) is 15.7. The van der Waals surface area contributed by atoms with Crippen LogP contribution in [0.25, 0.3) is 0 Å². The molecule has 0 spiro atoms. The first-order chi connectivity index (χ1) is 9.43. The highest BCUT2D eigenvalue weighted by Gasteiger charge is 2.18. The fourth-order valence-corrected chi connectivity index (χ4v) is 3.07. The summed E-state index contributed by atoms with van der Waals surface area (Å²) in [6, 6.07) is 9.16. The third kappa shape index (κ3) is 3.15. The molecule has 0 bridgehead atoms. The van der Waals surface area contributed by atoms with Crippen LogP contribution in [0, 0.1) is 23.2 Å². The highest BCUT2D eigenvalue weighted by molar-refractivity contribution is 14.1. The van der Waals surface area contributed by atoms with Crippen LogP contribution in [0.3, 0.4) is 0 Å². The van der Waals surface area contributed by atoms with Crippen molar-refractivity contribution in [2.24, 2.45) is 0 Å². The molecule has 0 saturated heterocycles. The second-order valence-corrected chi connectivity index (χ2v) is 6.42. The van der Waals surface area contributed by atoms with E-state index in [9.17, 15) is 4.39 Å². The topological polar surface area (TPSA) is 12.0 Å². The monoisotopic (exact) mass is 403 g/mol. The lowest BCUT2D eigenvalue weighted by Crippen LogP contribution is -2.20. The molecule has 1 nitrogen and oxygen atoms in total. The molecule has 0 aromatic heterocycles. The summed E-state index contributed by atoms with van der Waals surface area (Å²) in [5.41, 5.74) is 4.06.